The molecule has 2 heterocycles. The second kappa shape index (κ2) is 5.62. The van der Waals surface area contributed by atoms with Gasteiger partial charge in [0.15, 0.2) is 11.5 Å². The zero-order valence-corrected chi connectivity index (χ0v) is 11.4. The van der Waals surface area contributed by atoms with Crippen LogP contribution >= 0.6 is 0 Å². The smallest absolute Gasteiger partial charge is 0.339 e. The molecule has 6 nitrogen and oxygen atoms in total. The first-order valence-electron chi connectivity index (χ1n) is 6.38. The van der Waals surface area contributed by atoms with Crippen molar-refractivity contribution in [3.63, 3.8) is 0 Å². The predicted octanol–water partition coefficient (Wildman–Crippen LogP) is 2.09. The maximum Gasteiger partial charge on any atom is 0.339 e. The molecule has 0 N–H and O–H groups in total. The molecular weight excluding hydrogens is 270 g/mol. The summed E-state index contributed by atoms with van der Waals surface area (Å²) in [6.45, 7) is 0.263. The summed E-state index contributed by atoms with van der Waals surface area (Å²) in [4.78, 5) is 15.8. The Balaban J connectivity index is 1.79. The zero-order valence-electron chi connectivity index (χ0n) is 11.4. The Bertz CT molecular complexity index is 768. The predicted molar refractivity (Wildman–Crippen MR) is 75.1 cm³/mol. The van der Waals surface area contributed by atoms with Crippen LogP contribution in [0.4, 0.5) is 0 Å². The van der Waals surface area contributed by atoms with Crippen LogP contribution in [0, 0.1) is 0 Å². The summed E-state index contributed by atoms with van der Waals surface area (Å²) in [5.41, 5.74) is 1.07. The first kappa shape index (κ1) is 13.1. The fourth-order valence-electron chi connectivity index (χ4n) is 1.89. The van der Waals surface area contributed by atoms with Crippen molar-refractivity contribution in [3.05, 3.63) is 60.0 Å². The van der Waals surface area contributed by atoms with Crippen molar-refractivity contribution >= 4 is 11.6 Å². The molecule has 0 saturated carbocycles. The second-order valence-electron chi connectivity index (χ2n) is 4.34. The number of carbonyl (C=O) groups is 1. The first-order valence-corrected chi connectivity index (χ1v) is 6.38. The highest BCUT2D eigenvalue weighted by Gasteiger charge is 2.09. The minimum Gasteiger partial charge on any atom is -0.486 e. The van der Waals surface area contributed by atoms with Gasteiger partial charge in [-0.25, -0.2) is 14.3 Å². The van der Waals surface area contributed by atoms with Crippen LogP contribution in [0.25, 0.3) is 5.65 Å². The molecule has 3 aromatic rings. The Labute approximate surface area is 120 Å². The summed E-state index contributed by atoms with van der Waals surface area (Å²) in [5, 5.41) is 4.28. The Morgan fingerprint density at radius 2 is 2.00 bits per heavy atom. The molecule has 0 aliphatic carbocycles. The average molecular weight is 283 g/mol. The molecule has 2 aromatic heterocycles. The number of nitrogens with zero attached hydrogens (tertiary/aromatic N) is 3. The van der Waals surface area contributed by atoms with Crippen LogP contribution in [0.5, 0.6) is 5.75 Å². The first-order chi connectivity index (χ1) is 10.3. The molecule has 0 fully saturated rings. The maximum atomic E-state index is 11.5. The van der Waals surface area contributed by atoms with E-state index in [1.165, 1.54) is 11.6 Å². The Morgan fingerprint density at radius 1 is 1.19 bits per heavy atom. The highest BCUT2D eigenvalue weighted by molar-refractivity contribution is 5.89. The number of para-hydroxylation sites is 1. The molecule has 3 rings (SSSR count). The lowest BCUT2D eigenvalue weighted by molar-refractivity contribution is 0.0600. The third-order valence-electron chi connectivity index (χ3n) is 2.91. The van der Waals surface area contributed by atoms with E-state index >= 15 is 0 Å². The summed E-state index contributed by atoms with van der Waals surface area (Å²) in [5.74, 6) is 0.891. The van der Waals surface area contributed by atoms with E-state index in [-0.39, 0.29) is 6.61 Å². The molecule has 21 heavy (non-hydrogen) atoms. The van der Waals surface area contributed by atoms with Gasteiger partial charge in [-0.05, 0) is 24.3 Å². The molecule has 0 spiro atoms. The molecule has 0 saturated heterocycles. The largest absolute Gasteiger partial charge is 0.486 e. The van der Waals surface area contributed by atoms with Gasteiger partial charge >= 0.3 is 5.97 Å². The number of hydrogen-bond donors (Lipinski definition) is 0. The van der Waals surface area contributed by atoms with Crippen LogP contribution in [-0.4, -0.2) is 27.7 Å². The van der Waals surface area contributed by atoms with E-state index in [4.69, 9.17) is 4.74 Å². The van der Waals surface area contributed by atoms with E-state index in [1.807, 2.05) is 30.3 Å². The number of esters is 1. The highest BCUT2D eigenvalue weighted by Crippen LogP contribution is 2.11. The molecule has 0 unspecified atom stereocenters. The fraction of sp³-hybridized carbons (Fsp3) is 0.133. The number of rotatable bonds is 4. The number of fused-ring (bicyclic) bond motifs is 1. The number of aromatic nitrogens is 3. The molecule has 0 radical (unpaired) electrons. The van der Waals surface area contributed by atoms with Crippen LogP contribution in [0.2, 0.25) is 0 Å². The van der Waals surface area contributed by atoms with Crippen LogP contribution in [0.3, 0.4) is 0 Å². The number of carbonyl (C=O) groups excluding carboxylic acids is 1. The van der Waals surface area contributed by atoms with E-state index < -0.39 is 5.97 Å². The molecular formula is C15H13N3O3. The van der Waals surface area contributed by atoms with Gasteiger partial charge in [0.25, 0.3) is 0 Å². The SMILES string of the molecule is COC(=O)c1ccc2nc(COc3ccccc3)nn2c1. The minimum absolute atomic E-state index is 0.263. The van der Waals surface area contributed by atoms with Gasteiger partial charge < -0.3 is 9.47 Å². The molecule has 0 aliphatic heterocycles. The van der Waals surface area contributed by atoms with Gasteiger partial charge in [-0.15, -0.1) is 5.10 Å². The molecule has 106 valence electrons. The van der Waals surface area contributed by atoms with Crippen LogP contribution in [0.1, 0.15) is 16.2 Å². The lowest BCUT2D eigenvalue weighted by atomic mass is 10.3. The average Bonchev–Trinajstić information content (AvgIpc) is 2.95. The Hall–Kier alpha value is -2.89. The van der Waals surface area contributed by atoms with Crippen molar-refractivity contribution in [2.24, 2.45) is 0 Å². The summed E-state index contributed by atoms with van der Waals surface area (Å²) < 4.78 is 11.8. The Morgan fingerprint density at radius 3 is 2.76 bits per heavy atom. The molecule has 0 amide bonds. The highest BCUT2D eigenvalue weighted by atomic mass is 16.5. The van der Waals surface area contributed by atoms with Crippen molar-refractivity contribution in [2.45, 2.75) is 6.61 Å². The minimum atomic E-state index is -0.408. The standard InChI is InChI=1S/C15H13N3O3/c1-20-15(19)11-7-8-14-16-13(17-18(14)9-11)10-21-12-5-3-2-4-6-12/h2-9H,10H2,1H3. The second-order valence-corrected chi connectivity index (χ2v) is 4.34. The van der Waals surface area contributed by atoms with Gasteiger partial charge in [0.05, 0.1) is 12.7 Å². The van der Waals surface area contributed by atoms with Crippen molar-refractivity contribution < 1.29 is 14.3 Å². The van der Waals surface area contributed by atoms with Crippen molar-refractivity contribution in [1.82, 2.24) is 14.6 Å². The van der Waals surface area contributed by atoms with Crippen molar-refractivity contribution in [3.8, 4) is 5.75 Å². The van der Waals surface area contributed by atoms with E-state index in [9.17, 15) is 4.79 Å². The van der Waals surface area contributed by atoms with E-state index in [0.29, 0.717) is 17.0 Å². The normalized spacial score (nSPS) is 10.5. The topological polar surface area (TPSA) is 65.7 Å². The Kier molecular flexibility index (Phi) is 3.51. The number of hydrogen-bond acceptors (Lipinski definition) is 5. The lowest BCUT2D eigenvalue weighted by Crippen LogP contribution is -2.03. The van der Waals surface area contributed by atoms with E-state index in [0.717, 1.165) is 5.75 Å². The number of pyridine rings is 1. The monoisotopic (exact) mass is 283 g/mol. The molecule has 0 atom stereocenters. The van der Waals surface area contributed by atoms with Crippen LogP contribution < -0.4 is 4.74 Å². The molecule has 1 aromatic carbocycles. The summed E-state index contributed by atoms with van der Waals surface area (Å²) >= 11 is 0. The van der Waals surface area contributed by atoms with Gasteiger partial charge in [0.2, 0.25) is 0 Å². The number of methoxy groups -OCH3 is 1. The van der Waals surface area contributed by atoms with E-state index in [1.54, 1.807) is 18.3 Å². The van der Waals surface area contributed by atoms with Crippen molar-refractivity contribution in [1.29, 1.82) is 0 Å². The van der Waals surface area contributed by atoms with Crippen LogP contribution in [0.15, 0.2) is 48.7 Å². The number of ether oxygens (including phenoxy) is 2. The van der Waals surface area contributed by atoms with Crippen LogP contribution in [-0.2, 0) is 11.3 Å². The summed E-state index contributed by atoms with van der Waals surface area (Å²) in [6.07, 6.45) is 1.58. The third-order valence-corrected chi connectivity index (χ3v) is 2.91. The quantitative estimate of drug-likeness (QED) is 0.686. The van der Waals surface area contributed by atoms with Gasteiger partial charge in [-0.1, -0.05) is 18.2 Å². The van der Waals surface area contributed by atoms with E-state index in [2.05, 4.69) is 14.8 Å². The summed E-state index contributed by atoms with van der Waals surface area (Å²) in [7, 11) is 1.34. The number of benzene rings is 1. The molecule has 0 bridgehead atoms. The molecule has 6 heteroatoms. The van der Waals surface area contributed by atoms with Gasteiger partial charge in [0.1, 0.15) is 12.4 Å². The fourth-order valence-corrected chi connectivity index (χ4v) is 1.89. The lowest BCUT2D eigenvalue weighted by Gasteiger charge is -2.01. The van der Waals surface area contributed by atoms with Gasteiger partial charge in [0, 0.05) is 6.20 Å². The van der Waals surface area contributed by atoms with Gasteiger partial charge in [-0.2, -0.15) is 0 Å². The molecule has 0 aliphatic rings. The van der Waals surface area contributed by atoms with Gasteiger partial charge in [-0.3, -0.25) is 0 Å². The third kappa shape index (κ3) is 2.84. The summed E-state index contributed by atoms with van der Waals surface area (Å²) in [6, 6.07) is 12.8. The van der Waals surface area contributed by atoms with Crippen molar-refractivity contribution in [2.75, 3.05) is 7.11 Å². The maximum absolute atomic E-state index is 11.5. The zero-order chi connectivity index (χ0) is 14.7.